The van der Waals surface area contributed by atoms with Crippen LogP contribution in [0.1, 0.15) is 47.8 Å². The molecular weight excluding hydrogens is 310 g/mol. The fraction of sp³-hybridized carbons (Fsp3) is 0.316. The molecule has 1 heterocycles. The van der Waals surface area contributed by atoms with Crippen molar-refractivity contribution in [3.63, 3.8) is 0 Å². The van der Waals surface area contributed by atoms with Gasteiger partial charge in [0.1, 0.15) is 11.4 Å². The number of carbonyl (C=O) groups is 1. The number of hydrogen-bond donors (Lipinski definition) is 1. The number of fused-ring (bicyclic) bond motifs is 1. The van der Waals surface area contributed by atoms with Crippen LogP contribution < -0.4 is 10.1 Å². The average molecular weight is 330 g/mol. The largest absolute Gasteiger partial charge is 0.487 e. The van der Waals surface area contributed by atoms with Crippen LogP contribution in [0.3, 0.4) is 0 Å². The summed E-state index contributed by atoms with van der Waals surface area (Å²) >= 11 is 5.88. The maximum Gasteiger partial charge on any atom is 0.251 e. The lowest BCUT2D eigenvalue weighted by atomic mass is 9.89. The number of benzene rings is 2. The molecule has 0 fully saturated rings. The first-order valence-electron chi connectivity index (χ1n) is 7.70. The fourth-order valence-electron chi connectivity index (χ4n) is 2.93. The van der Waals surface area contributed by atoms with Gasteiger partial charge in [-0.15, -0.1) is 0 Å². The smallest absolute Gasteiger partial charge is 0.251 e. The van der Waals surface area contributed by atoms with Gasteiger partial charge in [-0.3, -0.25) is 4.79 Å². The number of halogens is 1. The van der Waals surface area contributed by atoms with Gasteiger partial charge in [0.25, 0.3) is 5.91 Å². The van der Waals surface area contributed by atoms with E-state index in [0.29, 0.717) is 10.6 Å². The molecule has 120 valence electrons. The van der Waals surface area contributed by atoms with Crippen molar-refractivity contribution in [2.45, 2.75) is 38.8 Å². The van der Waals surface area contributed by atoms with Crippen LogP contribution in [0.2, 0.25) is 5.02 Å². The summed E-state index contributed by atoms with van der Waals surface area (Å²) in [4.78, 5) is 12.5. The Morgan fingerprint density at radius 1 is 1.22 bits per heavy atom. The lowest BCUT2D eigenvalue weighted by Gasteiger charge is -2.38. The second-order valence-electron chi connectivity index (χ2n) is 6.64. The highest BCUT2D eigenvalue weighted by atomic mass is 35.5. The monoisotopic (exact) mass is 329 g/mol. The van der Waals surface area contributed by atoms with E-state index in [9.17, 15) is 4.79 Å². The SMILES string of the molecule is Cc1ccc2c(c1)OC(C)(C)CC2NC(=O)c1ccc(Cl)cc1. The standard InChI is InChI=1S/C19H20ClNO2/c1-12-4-9-15-16(11-19(2,3)23-17(15)10-12)21-18(22)13-5-7-14(20)8-6-13/h4-10,16H,11H2,1-3H3,(H,21,22). The van der Waals surface area contributed by atoms with Crippen LogP contribution in [0, 0.1) is 6.92 Å². The number of amides is 1. The van der Waals surface area contributed by atoms with Crippen molar-refractivity contribution in [3.05, 3.63) is 64.2 Å². The molecule has 0 spiro atoms. The van der Waals surface area contributed by atoms with Gasteiger partial charge in [0, 0.05) is 22.6 Å². The lowest BCUT2D eigenvalue weighted by Crippen LogP contribution is -2.41. The van der Waals surface area contributed by atoms with Crippen molar-refractivity contribution in [2.75, 3.05) is 0 Å². The highest BCUT2D eigenvalue weighted by Crippen LogP contribution is 2.40. The van der Waals surface area contributed by atoms with Crippen LogP contribution in [0.4, 0.5) is 0 Å². The molecular formula is C19H20ClNO2. The molecule has 3 nitrogen and oxygen atoms in total. The van der Waals surface area contributed by atoms with Crippen LogP contribution in [0.5, 0.6) is 5.75 Å². The zero-order valence-corrected chi connectivity index (χ0v) is 14.3. The summed E-state index contributed by atoms with van der Waals surface area (Å²) in [7, 11) is 0. The molecule has 1 aliphatic rings. The number of ether oxygens (including phenoxy) is 1. The minimum Gasteiger partial charge on any atom is -0.487 e. The van der Waals surface area contributed by atoms with Crippen molar-refractivity contribution in [3.8, 4) is 5.75 Å². The third-order valence-corrected chi connectivity index (χ3v) is 4.29. The predicted molar refractivity (Wildman–Crippen MR) is 92.2 cm³/mol. The van der Waals surface area contributed by atoms with Crippen LogP contribution in [-0.4, -0.2) is 11.5 Å². The molecule has 0 radical (unpaired) electrons. The van der Waals surface area contributed by atoms with Crippen molar-refractivity contribution >= 4 is 17.5 Å². The third-order valence-electron chi connectivity index (χ3n) is 4.04. The van der Waals surface area contributed by atoms with Gasteiger partial charge in [-0.05, 0) is 56.7 Å². The van der Waals surface area contributed by atoms with Gasteiger partial charge in [0.05, 0.1) is 6.04 Å². The Morgan fingerprint density at radius 2 is 1.91 bits per heavy atom. The van der Waals surface area contributed by atoms with Gasteiger partial charge in [-0.1, -0.05) is 23.7 Å². The molecule has 1 aliphatic heterocycles. The first-order chi connectivity index (χ1) is 10.8. The zero-order valence-electron chi connectivity index (χ0n) is 13.5. The molecule has 2 aromatic carbocycles. The molecule has 1 atom stereocenters. The summed E-state index contributed by atoms with van der Waals surface area (Å²) in [6, 6.07) is 12.9. The van der Waals surface area contributed by atoms with Gasteiger partial charge in [0.2, 0.25) is 0 Å². The minimum atomic E-state index is -0.321. The quantitative estimate of drug-likeness (QED) is 0.868. The molecule has 1 unspecified atom stereocenters. The van der Waals surface area contributed by atoms with Crippen LogP contribution >= 0.6 is 11.6 Å². The summed E-state index contributed by atoms with van der Waals surface area (Å²) in [5.74, 6) is 0.749. The number of nitrogens with one attached hydrogen (secondary N) is 1. The zero-order chi connectivity index (χ0) is 16.6. The molecule has 0 saturated carbocycles. The Balaban J connectivity index is 1.87. The van der Waals surface area contributed by atoms with E-state index in [1.807, 2.05) is 39.0 Å². The maximum absolute atomic E-state index is 12.5. The fourth-order valence-corrected chi connectivity index (χ4v) is 3.06. The molecule has 0 aromatic heterocycles. The van der Waals surface area contributed by atoms with Crippen molar-refractivity contribution in [1.29, 1.82) is 0 Å². The Kier molecular flexibility index (Phi) is 4.07. The van der Waals surface area contributed by atoms with E-state index >= 15 is 0 Å². The predicted octanol–water partition coefficient (Wildman–Crippen LogP) is 4.68. The van der Waals surface area contributed by atoms with Gasteiger partial charge >= 0.3 is 0 Å². The maximum atomic E-state index is 12.5. The van der Waals surface area contributed by atoms with Gasteiger partial charge in [0.15, 0.2) is 0 Å². The van der Waals surface area contributed by atoms with Crippen LogP contribution in [-0.2, 0) is 0 Å². The summed E-state index contributed by atoms with van der Waals surface area (Å²) in [5.41, 5.74) is 2.45. The van der Waals surface area contributed by atoms with E-state index in [0.717, 1.165) is 23.3 Å². The Bertz CT molecular complexity index is 738. The number of aryl methyl sites for hydroxylation is 1. The van der Waals surface area contributed by atoms with E-state index < -0.39 is 0 Å². The molecule has 0 aliphatic carbocycles. The normalized spacial score (nSPS) is 18.7. The topological polar surface area (TPSA) is 38.3 Å². The first-order valence-corrected chi connectivity index (χ1v) is 8.08. The van der Waals surface area contributed by atoms with E-state index in [1.54, 1.807) is 24.3 Å². The average Bonchev–Trinajstić information content (AvgIpc) is 2.46. The molecule has 23 heavy (non-hydrogen) atoms. The van der Waals surface area contributed by atoms with E-state index in [4.69, 9.17) is 16.3 Å². The summed E-state index contributed by atoms with van der Waals surface area (Å²) in [6.07, 6.45) is 0.725. The minimum absolute atomic E-state index is 0.0717. The number of hydrogen-bond acceptors (Lipinski definition) is 2. The van der Waals surface area contributed by atoms with Crippen LogP contribution in [0.25, 0.3) is 0 Å². The van der Waals surface area contributed by atoms with E-state index in [1.165, 1.54) is 0 Å². The summed E-state index contributed by atoms with van der Waals surface area (Å²) < 4.78 is 6.06. The molecule has 1 N–H and O–H groups in total. The number of carbonyl (C=O) groups excluding carboxylic acids is 1. The second-order valence-corrected chi connectivity index (χ2v) is 7.08. The Hall–Kier alpha value is -2.00. The third kappa shape index (κ3) is 3.50. The van der Waals surface area contributed by atoms with Gasteiger partial charge < -0.3 is 10.1 Å². The Morgan fingerprint density at radius 3 is 2.61 bits per heavy atom. The molecule has 0 bridgehead atoms. The van der Waals surface area contributed by atoms with E-state index in [2.05, 4.69) is 5.32 Å². The van der Waals surface area contributed by atoms with Crippen LogP contribution in [0.15, 0.2) is 42.5 Å². The molecule has 0 saturated heterocycles. The first kappa shape index (κ1) is 15.9. The van der Waals surface area contributed by atoms with Crippen molar-refractivity contribution < 1.29 is 9.53 Å². The summed E-state index contributed by atoms with van der Waals surface area (Å²) in [5, 5.41) is 3.74. The lowest BCUT2D eigenvalue weighted by molar-refractivity contribution is 0.0619. The van der Waals surface area contributed by atoms with Gasteiger partial charge in [-0.25, -0.2) is 0 Å². The molecule has 2 aromatic rings. The van der Waals surface area contributed by atoms with E-state index in [-0.39, 0.29) is 17.6 Å². The highest BCUT2D eigenvalue weighted by Gasteiger charge is 2.34. The molecule has 4 heteroatoms. The second kappa shape index (κ2) is 5.89. The number of rotatable bonds is 2. The van der Waals surface area contributed by atoms with Crippen molar-refractivity contribution in [2.24, 2.45) is 0 Å². The summed E-state index contributed by atoms with van der Waals surface area (Å²) in [6.45, 7) is 6.12. The highest BCUT2D eigenvalue weighted by molar-refractivity contribution is 6.30. The molecule has 1 amide bonds. The van der Waals surface area contributed by atoms with Crippen molar-refractivity contribution in [1.82, 2.24) is 5.32 Å². The Labute approximate surface area is 141 Å². The molecule has 3 rings (SSSR count). The van der Waals surface area contributed by atoms with Gasteiger partial charge in [-0.2, -0.15) is 0 Å².